The highest BCUT2D eigenvalue weighted by Gasteiger charge is 2.25. The molecule has 0 spiro atoms. The summed E-state index contributed by atoms with van der Waals surface area (Å²) in [5.74, 6) is -0.153. The van der Waals surface area contributed by atoms with Crippen LogP contribution in [0.2, 0.25) is 0 Å². The first-order chi connectivity index (χ1) is 7.40. The summed E-state index contributed by atoms with van der Waals surface area (Å²) < 4.78 is 35.3. The fourth-order valence-electron chi connectivity index (χ4n) is 1.17. The topological polar surface area (TPSA) is 108 Å². The first-order valence-corrected chi connectivity index (χ1v) is 5.63. The van der Waals surface area contributed by atoms with Gasteiger partial charge in [-0.2, -0.15) is 13.7 Å². The van der Waals surface area contributed by atoms with Crippen LogP contribution in [-0.2, 0) is 10.1 Å². The van der Waals surface area contributed by atoms with E-state index in [2.05, 4.69) is 0 Å². The minimum Gasteiger partial charge on any atom is -0.504 e. The molecule has 0 heterocycles. The molecule has 86 valence electrons. The van der Waals surface area contributed by atoms with E-state index in [1.54, 1.807) is 0 Å². The van der Waals surface area contributed by atoms with Gasteiger partial charge in [-0.3, -0.25) is 4.55 Å². The molecule has 0 saturated carbocycles. The molecule has 0 aliphatic carbocycles. The van der Waals surface area contributed by atoms with Crippen LogP contribution >= 0.6 is 0 Å². The zero-order valence-electron chi connectivity index (χ0n) is 8.28. The van der Waals surface area contributed by atoms with E-state index in [1.807, 2.05) is 0 Å². The molecule has 0 bridgehead atoms. The van der Waals surface area contributed by atoms with Crippen molar-refractivity contribution in [2.75, 3.05) is 7.11 Å². The van der Waals surface area contributed by atoms with E-state index in [4.69, 9.17) is 14.6 Å². The maximum atomic E-state index is 10.9. The van der Waals surface area contributed by atoms with Gasteiger partial charge >= 0.3 is 0 Å². The Labute approximate surface area is 92.5 Å². The van der Waals surface area contributed by atoms with Crippen LogP contribution in [-0.4, -0.2) is 25.2 Å². The van der Waals surface area contributed by atoms with Crippen LogP contribution in [0.25, 0.3) is 0 Å². The summed E-state index contributed by atoms with van der Waals surface area (Å²) >= 11 is 0. The molecule has 0 radical (unpaired) electrons. The fraction of sp³-hybridized carbons (Fsp3) is 0.222. The zero-order valence-corrected chi connectivity index (χ0v) is 9.10. The van der Waals surface area contributed by atoms with Gasteiger partial charge in [0.2, 0.25) is 0 Å². The molecule has 1 atom stereocenters. The Morgan fingerprint density at radius 1 is 1.50 bits per heavy atom. The van der Waals surface area contributed by atoms with Gasteiger partial charge in [0.1, 0.15) is 0 Å². The lowest BCUT2D eigenvalue weighted by atomic mass is 10.1. The minimum absolute atomic E-state index is 0.0275. The molecule has 1 rings (SSSR count). The number of phenols is 1. The van der Waals surface area contributed by atoms with E-state index in [0.29, 0.717) is 0 Å². The van der Waals surface area contributed by atoms with Crippen LogP contribution in [0.3, 0.4) is 0 Å². The summed E-state index contributed by atoms with van der Waals surface area (Å²) in [5, 5.41) is 16.2. The zero-order chi connectivity index (χ0) is 12.3. The van der Waals surface area contributed by atoms with Gasteiger partial charge in [0.15, 0.2) is 16.7 Å². The Kier molecular flexibility index (Phi) is 3.37. The van der Waals surface area contributed by atoms with Crippen molar-refractivity contribution in [1.82, 2.24) is 0 Å². The number of rotatable bonds is 3. The summed E-state index contributed by atoms with van der Waals surface area (Å²) in [4.78, 5) is 0. The van der Waals surface area contributed by atoms with E-state index < -0.39 is 15.4 Å². The van der Waals surface area contributed by atoms with Crippen molar-refractivity contribution >= 4 is 10.1 Å². The molecule has 1 aromatic carbocycles. The van der Waals surface area contributed by atoms with Crippen LogP contribution < -0.4 is 4.74 Å². The number of hydrogen-bond donors (Lipinski definition) is 2. The number of ether oxygens (including phenoxy) is 1. The van der Waals surface area contributed by atoms with E-state index in [1.165, 1.54) is 31.4 Å². The molecule has 6 nitrogen and oxygen atoms in total. The fourth-order valence-corrected chi connectivity index (χ4v) is 1.79. The van der Waals surface area contributed by atoms with Crippen molar-refractivity contribution < 1.29 is 22.8 Å². The number of benzene rings is 1. The van der Waals surface area contributed by atoms with Crippen molar-refractivity contribution in [2.45, 2.75) is 5.25 Å². The Hall–Kier alpha value is -1.78. The number of nitriles is 1. The normalized spacial score (nSPS) is 12.8. The molecule has 0 fully saturated rings. The lowest BCUT2D eigenvalue weighted by Gasteiger charge is -2.09. The predicted octanol–water partition coefficient (Wildman–Crippen LogP) is 0.853. The monoisotopic (exact) mass is 243 g/mol. The molecule has 0 unspecified atom stereocenters. The summed E-state index contributed by atoms with van der Waals surface area (Å²) in [6.45, 7) is 0. The van der Waals surface area contributed by atoms with Crippen molar-refractivity contribution in [3.8, 4) is 17.6 Å². The Morgan fingerprint density at radius 2 is 2.12 bits per heavy atom. The molecule has 0 amide bonds. The van der Waals surface area contributed by atoms with Gasteiger partial charge < -0.3 is 9.84 Å². The number of aromatic hydroxyl groups is 1. The number of nitrogens with zero attached hydrogens (tertiary/aromatic N) is 1. The largest absolute Gasteiger partial charge is 0.504 e. The second kappa shape index (κ2) is 4.38. The van der Waals surface area contributed by atoms with Crippen LogP contribution in [0, 0.1) is 11.3 Å². The number of phenolic OH excluding ortho intramolecular Hbond substituents is 1. The summed E-state index contributed by atoms with van der Waals surface area (Å²) in [5.41, 5.74) is 0.0275. The van der Waals surface area contributed by atoms with Gasteiger partial charge in [-0.25, -0.2) is 0 Å². The van der Waals surface area contributed by atoms with E-state index in [-0.39, 0.29) is 17.1 Å². The van der Waals surface area contributed by atoms with Crippen LogP contribution in [0.5, 0.6) is 11.5 Å². The average molecular weight is 243 g/mol. The number of hydrogen-bond acceptors (Lipinski definition) is 5. The van der Waals surface area contributed by atoms with Gasteiger partial charge in [0.05, 0.1) is 13.2 Å². The van der Waals surface area contributed by atoms with Crippen LogP contribution in [0.4, 0.5) is 0 Å². The molecular weight excluding hydrogens is 234 g/mol. The molecule has 1 aromatic rings. The summed E-state index contributed by atoms with van der Waals surface area (Å²) in [7, 11) is -3.22. The van der Waals surface area contributed by atoms with Gasteiger partial charge in [-0.05, 0) is 17.7 Å². The van der Waals surface area contributed by atoms with E-state index in [0.717, 1.165) is 0 Å². The van der Waals surface area contributed by atoms with E-state index >= 15 is 0 Å². The van der Waals surface area contributed by atoms with Crippen molar-refractivity contribution in [2.24, 2.45) is 0 Å². The van der Waals surface area contributed by atoms with Gasteiger partial charge in [0, 0.05) is 0 Å². The van der Waals surface area contributed by atoms with Gasteiger partial charge in [0.25, 0.3) is 10.1 Å². The minimum atomic E-state index is -4.50. The smallest absolute Gasteiger partial charge is 0.285 e. The first-order valence-electron chi connectivity index (χ1n) is 4.13. The van der Waals surface area contributed by atoms with Gasteiger partial charge in [-0.15, -0.1) is 0 Å². The molecular formula is C9H9NO5S. The molecule has 2 N–H and O–H groups in total. The highest BCUT2D eigenvalue weighted by atomic mass is 32.2. The standard InChI is InChI=1S/C9H9NO5S/c1-15-8-4-6(2-3-7(8)11)9(5-10)16(12,13)14/h2-4,9,11H,1H3,(H,12,13,14)/t9-/m1/s1. The third kappa shape index (κ3) is 2.42. The van der Waals surface area contributed by atoms with Gasteiger partial charge in [-0.1, -0.05) is 6.07 Å². The highest BCUT2D eigenvalue weighted by molar-refractivity contribution is 7.86. The molecule has 16 heavy (non-hydrogen) atoms. The third-order valence-corrected chi connectivity index (χ3v) is 2.89. The van der Waals surface area contributed by atoms with Crippen molar-refractivity contribution in [1.29, 1.82) is 5.26 Å². The van der Waals surface area contributed by atoms with Crippen LogP contribution in [0.1, 0.15) is 10.8 Å². The molecule has 0 saturated heterocycles. The maximum absolute atomic E-state index is 10.9. The van der Waals surface area contributed by atoms with Crippen molar-refractivity contribution in [3.63, 3.8) is 0 Å². The Bertz CT molecular complexity index is 531. The Morgan fingerprint density at radius 3 is 2.56 bits per heavy atom. The molecule has 0 aromatic heterocycles. The third-order valence-electron chi connectivity index (χ3n) is 1.92. The lowest BCUT2D eigenvalue weighted by Crippen LogP contribution is -2.10. The quantitative estimate of drug-likeness (QED) is 0.762. The first kappa shape index (κ1) is 12.3. The lowest BCUT2D eigenvalue weighted by molar-refractivity contribution is 0.373. The molecule has 0 aliphatic rings. The van der Waals surface area contributed by atoms with E-state index in [9.17, 15) is 13.5 Å². The molecule has 0 aliphatic heterocycles. The number of methoxy groups -OCH3 is 1. The Balaban J connectivity index is 3.29. The maximum Gasteiger partial charge on any atom is 0.285 e. The van der Waals surface area contributed by atoms with Crippen LogP contribution in [0.15, 0.2) is 18.2 Å². The van der Waals surface area contributed by atoms with Crippen molar-refractivity contribution in [3.05, 3.63) is 23.8 Å². The highest BCUT2D eigenvalue weighted by Crippen LogP contribution is 2.31. The predicted molar refractivity (Wildman–Crippen MR) is 54.6 cm³/mol. The second-order valence-corrected chi connectivity index (χ2v) is 4.46. The molecule has 7 heteroatoms. The average Bonchev–Trinajstić information content (AvgIpc) is 2.19. The SMILES string of the molecule is COc1cc([C@@H](C#N)S(=O)(=O)O)ccc1O. The summed E-state index contributed by atoms with van der Waals surface area (Å²) in [6, 6.07) is 5.04. The second-order valence-electron chi connectivity index (χ2n) is 2.96. The summed E-state index contributed by atoms with van der Waals surface area (Å²) in [6.07, 6.45) is 0.